The fourth-order valence-electron chi connectivity index (χ4n) is 3.39. The number of ether oxygens (including phenoxy) is 1. The number of benzene rings is 1. The van der Waals surface area contributed by atoms with E-state index in [2.05, 4.69) is 15.7 Å². The number of nitrogens with one attached hydrogen (secondary N) is 2. The van der Waals surface area contributed by atoms with E-state index in [1.165, 1.54) is 0 Å². The van der Waals surface area contributed by atoms with Crippen molar-refractivity contribution in [1.29, 1.82) is 0 Å². The van der Waals surface area contributed by atoms with Gasteiger partial charge < -0.3 is 19.8 Å². The molecule has 2 aromatic heterocycles. The van der Waals surface area contributed by atoms with Gasteiger partial charge in [-0.3, -0.25) is 9.48 Å². The third-order valence-corrected chi connectivity index (χ3v) is 4.76. The molecule has 1 aromatic carbocycles. The molecular weight excluding hydrogens is 392 g/mol. The van der Waals surface area contributed by atoms with Gasteiger partial charge in [-0.2, -0.15) is 5.10 Å². The lowest BCUT2D eigenvalue weighted by Crippen LogP contribution is -2.28. The van der Waals surface area contributed by atoms with Gasteiger partial charge in [0.2, 0.25) is 0 Å². The van der Waals surface area contributed by atoms with Gasteiger partial charge in [-0.1, -0.05) is 18.2 Å². The summed E-state index contributed by atoms with van der Waals surface area (Å²) in [4.78, 5) is 12.7. The number of hydrogen-bond donors (Lipinski definition) is 2. The zero-order valence-corrected chi connectivity index (χ0v) is 17.1. The van der Waals surface area contributed by atoms with Gasteiger partial charge in [0.25, 0.3) is 5.91 Å². The standard InChI is InChI=1S/C21H24N4O3.ClH/c1-15-7-8-17(28-15)13-23-21(26)20-18-14-22-10-9-19(18)25(24-20)11-12-27-16-5-3-2-4-6-16;/h2-8,22H,9-14H2,1H3,(H,23,26);1H. The van der Waals surface area contributed by atoms with E-state index in [4.69, 9.17) is 9.15 Å². The van der Waals surface area contributed by atoms with Crippen LogP contribution in [-0.2, 0) is 26.1 Å². The van der Waals surface area contributed by atoms with E-state index in [9.17, 15) is 4.79 Å². The van der Waals surface area contributed by atoms with E-state index in [1.54, 1.807) is 0 Å². The number of aromatic nitrogens is 2. The first kappa shape index (κ1) is 21.0. The highest BCUT2D eigenvalue weighted by Gasteiger charge is 2.24. The minimum Gasteiger partial charge on any atom is -0.492 e. The van der Waals surface area contributed by atoms with E-state index in [1.807, 2.05) is 54.1 Å². The molecule has 0 saturated carbocycles. The number of nitrogens with zero attached hydrogens (tertiary/aromatic N) is 2. The average molecular weight is 417 g/mol. The van der Waals surface area contributed by atoms with Crippen LogP contribution in [-0.4, -0.2) is 28.8 Å². The molecule has 0 spiro atoms. The predicted molar refractivity (Wildman–Crippen MR) is 111 cm³/mol. The number of para-hydroxylation sites is 1. The molecule has 0 aliphatic carbocycles. The van der Waals surface area contributed by atoms with Crippen LogP contribution in [0.5, 0.6) is 5.75 Å². The van der Waals surface area contributed by atoms with Crippen molar-refractivity contribution in [3.8, 4) is 5.75 Å². The summed E-state index contributed by atoms with van der Waals surface area (Å²) in [5.41, 5.74) is 2.55. The molecule has 0 unspecified atom stereocenters. The fourth-order valence-corrected chi connectivity index (χ4v) is 3.39. The lowest BCUT2D eigenvalue weighted by Gasteiger charge is -2.15. The summed E-state index contributed by atoms with van der Waals surface area (Å²) in [6.45, 7) is 4.86. The lowest BCUT2D eigenvalue weighted by molar-refractivity contribution is 0.0940. The number of furan rings is 1. The van der Waals surface area contributed by atoms with Crippen molar-refractivity contribution < 1.29 is 13.9 Å². The summed E-state index contributed by atoms with van der Waals surface area (Å²) in [6, 6.07) is 13.5. The quantitative estimate of drug-likeness (QED) is 0.619. The Morgan fingerprint density at radius 1 is 1.28 bits per heavy atom. The monoisotopic (exact) mass is 416 g/mol. The molecule has 2 N–H and O–H groups in total. The largest absolute Gasteiger partial charge is 0.492 e. The lowest BCUT2D eigenvalue weighted by atomic mass is 10.1. The molecule has 29 heavy (non-hydrogen) atoms. The summed E-state index contributed by atoms with van der Waals surface area (Å²) in [5.74, 6) is 2.20. The van der Waals surface area contributed by atoms with Gasteiger partial charge in [0.1, 0.15) is 23.9 Å². The normalized spacial score (nSPS) is 12.7. The molecule has 3 aromatic rings. The molecule has 0 radical (unpaired) electrons. The maximum atomic E-state index is 12.7. The van der Waals surface area contributed by atoms with Gasteiger partial charge in [0.05, 0.1) is 13.1 Å². The van der Waals surface area contributed by atoms with Crippen LogP contribution in [0.15, 0.2) is 46.9 Å². The van der Waals surface area contributed by atoms with Gasteiger partial charge in [0.15, 0.2) is 5.69 Å². The summed E-state index contributed by atoms with van der Waals surface area (Å²) in [6.07, 6.45) is 0.846. The number of hydrogen-bond acceptors (Lipinski definition) is 5. The third-order valence-electron chi connectivity index (χ3n) is 4.76. The van der Waals surface area contributed by atoms with Crippen molar-refractivity contribution in [3.05, 3.63) is 70.9 Å². The smallest absolute Gasteiger partial charge is 0.272 e. The van der Waals surface area contributed by atoms with E-state index in [0.29, 0.717) is 31.9 Å². The number of halogens is 1. The number of aryl methyl sites for hydroxylation is 1. The Morgan fingerprint density at radius 3 is 2.86 bits per heavy atom. The van der Waals surface area contributed by atoms with Crippen LogP contribution in [0.2, 0.25) is 0 Å². The molecule has 1 aliphatic heterocycles. The van der Waals surface area contributed by atoms with E-state index in [-0.39, 0.29) is 18.3 Å². The summed E-state index contributed by atoms with van der Waals surface area (Å²) < 4.78 is 13.2. The Hall–Kier alpha value is -2.77. The summed E-state index contributed by atoms with van der Waals surface area (Å²) in [7, 11) is 0. The SMILES string of the molecule is Cc1ccc(CNC(=O)c2nn(CCOc3ccccc3)c3c2CNCC3)o1.Cl. The molecule has 0 bridgehead atoms. The van der Waals surface area contributed by atoms with Crippen molar-refractivity contribution >= 4 is 18.3 Å². The Labute approximate surface area is 175 Å². The molecule has 0 atom stereocenters. The third kappa shape index (κ3) is 4.99. The van der Waals surface area contributed by atoms with Gasteiger partial charge >= 0.3 is 0 Å². The number of fused-ring (bicyclic) bond motifs is 1. The average Bonchev–Trinajstić information content (AvgIpc) is 3.31. The number of amides is 1. The minimum absolute atomic E-state index is 0. The van der Waals surface area contributed by atoms with Crippen molar-refractivity contribution in [2.75, 3.05) is 13.2 Å². The van der Waals surface area contributed by atoms with Gasteiger partial charge in [-0.15, -0.1) is 12.4 Å². The zero-order valence-electron chi connectivity index (χ0n) is 16.3. The first-order valence-electron chi connectivity index (χ1n) is 9.51. The molecule has 0 saturated heterocycles. The first-order valence-corrected chi connectivity index (χ1v) is 9.51. The number of carbonyl (C=O) groups excluding carboxylic acids is 1. The van der Waals surface area contributed by atoms with Gasteiger partial charge in [0, 0.05) is 30.8 Å². The second-order valence-electron chi connectivity index (χ2n) is 6.78. The van der Waals surface area contributed by atoms with Crippen LogP contribution in [0.4, 0.5) is 0 Å². The maximum absolute atomic E-state index is 12.7. The van der Waals surface area contributed by atoms with Crippen LogP contribution in [0, 0.1) is 6.92 Å². The van der Waals surface area contributed by atoms with Crippen LogP contribution >= 0.6 is 12.4 Å². The number of rotatable bonds is 7. The minimum atomic E-state index is -0.184. The molecule has 1 aliphatic rings. The van der Waals surface area contributed by atoms with Crippen LogP contribution in [0.3, 0.4) is 0 Å². The molecule has 4 rings (SSSR count). The second-order valence-corrected chi connectivity index (χ2v) is 6.78. The highest BCUT2D eigenvalue weighted by molar-refractivity contribution is 5.94. The zero-order chi connectivity index (χ0) is 19.3. The van der Waals surface area contributed by atoms with Crippen molar-refractivity contribution in [1.82, 2.24) is 20.4 Å². The van der Waals surface area contributed by atoms with Crippen LogP contribution < -0.4 is 15.4 Å². The van der Waals surface area contributed by atoms with Crippen molar-refractivity contribution in [3.63, 3.8) is 0 Å². The van der Waals surface area contributed by atoms with Crippen molar-refractivity contribution in [2.45, 2.75) is 33.0 Å². The van der Waals surface area contributed by atoms with Gasteiger partial charge in [-0.25, -0.2) is 0 Å². The van der Waals surface area contributed by atoms with Crippen LogP contribution in [0.25, 0.3) is 0 Å². The highest BCUT2D eigenvalue weighted by atomic mass is 35.5. The molecule has 154 valence electrons. The van der Waals surface area contributed by atoms with E-state index in [0.717, 1.165) is 41.5 Å². The van der Waals surface area contributed by atoms with Gasteiger partial charge in [-0.05, 0) is 31.2 Å². The fraction of sp³-hybridized carbons (Fsp3) is 0.333. The Kier molecular flexibility index (Phi) is 6.95. The summed E-state index contributed by atoms with van der Waals surface area (Å²) in [5, 5.41) is 10.8. The maximum Gasteiger partial charge on any atom is 0.272 e. The van der Waals surface area contributed by atoms with Crippen LogP contribution in [0.1, 0.15) is 33.3 Å². The van der Waals surface area contributed by atoms with Crippen molar-refractivity contribution in [2.24, 2.45) is 0 Å². The topological polar surface area (TPSA) is 81.3 Å². The Bertz CT molecular complexity index is 952. The molecule has 3 heterocycles. The Morgan fingerprint density at radius 2 is 2.10 bits per heavy atom. The number of carbonyl (C=O) groups is 1. The summed E-state index contributed by atoms with van der Waals surface area (Å²) >= 11 is 0. The molecular formula is C21H25ClN4O3. The Balaban J connectivity index is 0.00000240. The molecule has 1 amide bonds. The van der Waals surface area contributed by atoms with E-state index >= 15 is 0 Å². The highest BCUT2D eigenvalue weighted by Crippen LogP contribution is 2.19. The molecule has 0 fully saturated rings. The molecule has 7 nitrogen and oxygen atoms in total. The predicted octanol–water partition coefficient (Wildman–Crippen LogP) is 2.86. The first-order chi connectivity index (χ1) is 13.7. The van der Waals surface area contributed by atoms with E-state index < -0.39 is 0 Å². The second kappa shape index (κ2) is 9.62. The molecule has 8 heteroatoms.